The molecular weight excluding hydrogens is 370 g/mol. The van der Waals surface area contributed by atoms with Crippen LogP contribution < -0.4 is 14.4 Å². The molecule has 0 N–H and O–H groups in total. The molecule has 1 heterocycles. The standard InChI is InChI=1S/C23H21NO3S/c1-2-26-19-14-10-18(11-15-19)24-22(25)16-28-23(24)17-8-12-21(13-9-17)27-20-6-4-3-5-7-20/h3-15,23H,2,16H2,1H3/t23-/m1/s1. The van der Waals surface area contributed by atoms with Crippen LogP contribution in [0.3, 0.4) is 0 Å². The molecular formula is C23H21NO3S. The van der Waals surface area contributed by atoms with Crippen LogP contribution in [0.5, 0.6) is 17.2 Å². The molecule has 1 aliphatic rings. The van der Waals surface area contributed by atoms with Crippen LogP contribution >= 0.6 is 11.8 Å². The van der Waals surface area contributed by atoms with Crippen LogP contribution in [-0.2, 0) is 4.79 Å². The fourth-order valence-corrected chi connectivity index (χ4v) is 4.32. The number of nitrogens with zero attached hydrogens (tertiary/aromatic N) is 1. The first-order chi connectivity index (χ1) is 13.7. The number of anilines is 1. The van der Waals surface area contributed by atoms with Crippen molar-refractivity contribution in [2.45, 2.75) is 12.3 Å². The Morgan fingerprint density at radius 1 is 0.893 bits per heavy atom. The molecule has 1 saturated heterocycles. The van der Waals surface area contributed by atoms with Crippen molar-refractivity contribution in [3.8, 4) is 17.2 Å². The van der Waals surface area contributed by atoms with E-state index in [1.807, 2.05) is 90.7 Å². The zero-order valence-corrected chi connectivity index (χ0v) is 16.4. The second-order valence-electron chi connectivity index (χ2n) is 6.34. The molecule has 1 atom stereocenters. The van der Waals surface area contributed by atoms with E-state index in [1.54, 1.807) is 11.8 Å². The van der Waals surface area contributed by atoms with Crippen molar-refractivity contribution >= 4 is 23.4 Å². The third-order valence-electron chi connectivity index (χ3n) is 4.44. The maximum absolute atomic E-state index is 12.5. The highest BCUT2D eigenvalue weighted by Gasteiger charge is 2.34. The smallest absolute Gasteiger partial charge is 0.238 e. The third kappa shape index (κ3) is 3.99. The van der Waals surface area contributed by atoms with Crippen LogP contribution in [0, 0.1) is 0 Å². The number of carbonyl (C=O) groups excluding carboxylic acids is 1. The molecule has 3 aromatic rings. The minimum atomic E-state index is -0.0452. The fourth-order valence-electron chi connectivity index (χ4n) is 3.14. The Morgan fingerprint density at radius 2 is 1.54 bits per heavy atom. The van der Waals surface area contributed by atoms with Gasteiger partial charge >= 0.3 is 0 Å². The molecule has 28 heavy (non-hydrogen) atoms. The number of benzene rings is 3. The normalized spacial score (nSPS) is 16.2. The predicted molar refractivity (Wildman–Crippen MR) is 113 cm³/mol. The summed E-state index contributed by atoms with van der Waals surface area (Å²) in [7, 11) is 0. The van der Waals surface area contributed by atoms with E-state index in [4.69, 9.17) is 9.47 Å². The molecule has 0 saturated carbocycles. The Kier molecular flexibility index (Phi) is 5.53. The highest BCUT2D eigenvalue weighted by atomic mass is 32.2. The Morgan fingerprint density at radius 3 is 2.21 bits per heavy atom. The third-order valence-corrected chi connectivity index (χ3v) is 5.65. The van der Waals surface area contributed by atoms with E-state index in [1.165, 1.54) is 0 Å². The van der Waals surface area contributed by atoms with Crippen LogP contribution in [-0.4, -0.2) is 18.3 Å². The zero-order valence-electron chi connectivity index (χ0n) is 15.6. The van der Waals surface area contributed by atoms with Gasteiger partial charge < -0.3 is 9.47 Å². The van der Waals surface area contributed by atoms with Crippen molar-refractivity contribution in [1.82, 2.24) is 0 Å². The van der Waals surface area contributed by atoms with E-state index in [9.17, 15) is 4.79 Å². The van der Waals surface area contributed by atoms with Crippen molar-refractivity contribution < 1.29 is 14.3 Å². The predicted octanol–water partition coefficient (Wildman–Crippen LogP) is 5.66. The lowest BCUT2D eigenvalue weighted by Gasteiger charge is -2.24. The van der Waals surface area contributed by atoms with E-state index in [0.717, 1.165) is 28.5 Å². The number of ether oxygens (including phenoxy) is 2. The zero-order chi connectivity index (χ0) is 19.3. The van der Waals surface area contributed by atoms with E-state index in [0.29, 0.717) is 12.4 Å². The van der Waals surface area contributed by atoms with Gasteiger partial charge in [0.2, 0.25) is 5.91 Å². The summed E-state index contributed by atoms with van der Waals surface area (Å²) in [5.74, 6) is 2.97. The molecule has 0 aromatic heterocycles. The summed E-state index contributed by atoms with van der Waals surface area (Å²) < 4.78 is 11.4. The maximum atomic E-state index is 12.5. The number of hydrogen-bond donors (Lipinski definition) is 0. The highest BCUT2D eigenvalue weighted by molar-refractivity contribution is 8.00. The number of carbonyl (C=O) groups is 1. The minimum absolute atomic E-state index is 0.0452. The summed E-state index contributed by atoms with van der Waals surface area (Å²) in [5.41, 5.74) is 1.96. The minimum Gasteiger partial charge on any atom is -0.494 e. The molecule has 0 radical (unpaired) electrons. The Labute approximate surface area is 169 Å². The summed E-state index contributed by atoms with van der Waals surface area (Å²) in [6.45, 7) is 2.58. The van der Waals surface area contributed by atoms with Gasteiger partial charge in [0.1, 0.15) is 22.6 Å². The highest BCUT2D eigenvalue weighted by Crippen LogP contribution is 2.42. The van der Waals surface area contributed by atoms with E-state index in [-0.39, 0.29) is 11.3 Å². The van der Waals surface area contributed by atoms with Crippen molar-refractivity contribution in [2.75, 3.05) is 17.3 Å². The number of amides is 1. The first kappa shape index (κ1) is 18.4. The Balaban J connectivity index is 1.53. The Hall–Kier alpha value is -2.92. The molecule has 0 aliphatic carbocycles. The summed E-state index contributed by atoms with van der Waals surface area (Å²) in [6.07, 6.45) is 0. The van der Waals surface area contributed by atoms with Crippen LogP contribution in [0.25, 0.3) is 0 Å². The molecule has 1 fully saturated rings. The second kappa shape index (κ2) is 8.40. The molecule has 3 aromatic carbocycles. The van der Waals surface area contributed by atoms with Gasteiger partial charge in [-0.1, -0.05) is 30.3 Å². The van der Waals surface area contributed by atoms with E-state index in [2.05, 4.69) is 0 Å². The van der Waals surface area contributed by atoms with Crippen LogP contribution in [0.2, 0.25) is 0 Å². The summed E-state index contributed by atoms with van der Waals surface area (Å²) in [4.78, 5) is 14.4. The number of thioether (sulfide) groups is 1. The summed E-state index contributed by atoms with van der Waals surface area (Å²) in [6, 6.07) is 25.3. The molecule has 1 aliphatic heterocycles. The Bertz CT molecular complexity index is 926. The largest absolute Gasteiger partial charge is 0.494 e. The van der Waals surface area contributed by atoms with E-state index >= 15 is 0 Å². The van der Waals surface area contributed by atoms with Gasteiger partial charge in [-0.15, -0.1) is 11.8 Å². The van der Waals surface area contributed by atoms with Gasteiger partial charge in [0.15, 0.2) is 0 Å². The fraction of sp³-hybridized carbons (Fsp3) is 0.174. The second-order valence-corrected chi connectivity index (χ2v) is 7.41. The molecule has 0 spiro atoms. The van der Waals surface area contributed by atoms with Crippen molar-refractivity contribution in [3.05, 3.63) is 84.4 Å². The number of hydrogen-bond acceptors (Lipinski definition) is 4. The van der Waals surface area contributed by atoms with Gasteiger partial charge in [-0.25, -0.2) is 0 Å². The lowest BCUT2D eigenvalue weighted by Crippen LogP contribution is -2.27. The van der Waals surface area contributed by atoms with Crippen molar-refractivity contribution in [1.29, 1.82) is 0 Å². The average molecular weight is 391 g/mol. The molecule has 4 rings (SSSR count). The lowest BCUT2D eigenvalue weighted by atomic mass is 10.1. The van der Waals surface area contributed by atoms with Crippen molar-refractivity contribution in [2.24, 2.45) is 0 Å². The van der Waals surface area contributed by atoms with Gasteiger partial charge in [0, 0.05) is 5.69 Å². The molecule has 1 amide bonds. The molecule has 142 valence electrons. The molecule has 0 bridgehead atoms. The van der Waals surface area contributed by atoms with Gasteiger partial charge in [-0.2, -0.15) is 0 Å². The maximum Gasteiger partial charge on any atom is 0.238 e. The molecule has 5 heteroatoms. The summed E-state index contributed by atoms with van der Waals surface area (Å²) in [5, 5.41) is -0.0452. The number of para-hydroxylation sites is 1. The molecule has 4 nitrogen and oxygen atoms in total. The van der Waals surface area contributed by atoms with Crippen LogP contribution in [0.1, 0.15) is 17.9 Å². The van der Waals surface area contributed by atoms with E-state index < -0.39 is 0 Å². The quantitative estimate of drug-likeness (QED) is 0.544. The number of rotatable bonds is 6. The van der Waals surface area contributed by atoms with Crippen LogP contribution in [0.15, 0.2) is 78.9 Å². The van der Waals surface area contributed by atoms with Crippen molar-refractivity contribution in [3.63, 3.8) is 0 Å². The van der Waals surface area contributed by atoms with Gasteiger partial charge in [0.25, 0.3) is 0 Å². The summed E-state index contributed by atoms with van der Waals surface area (Å²) >= 11 is 1.64. The van der Waals surface area contributed by atoms with Gasteiger partial charge in [0.05, 0.1) is 12.4 Å². The SMILES string of the molecule is CCOc1ccc(N2C(=O)CS[C@@H]2c2ccc(Oc3ccccc3)cc2)cc1. The molecule has 0 unspecified atom stereocenters. The average Bonchev–Trinajstić information content (AvgIpc) is 3.12. The first-order valence-electron chi connectivity index (χ1n) is 9.24. The monoisotopic (exact) mass is 391 g/mol. The first-order valence-corrected chi connectivity index (χ1v) is 10.3. The topological polar surface area (TPSA) is 38.8 Å². The van der Waals surface area contributed by atoms with Crippen LogP contribution in [0.4, 0.5) is 5.69 Å². The lowest BCUT2D eigenvalue weighted by molar-refractivity contribution is -0.115. The van der Waals surface area contributed by atoms with Gasteiger partial charge in [-0.3, -0.25) is 9.69 Å². The van der Waals surface area contributed by atoms with Gasteiger partial charge in [-0.05, 0) is 61.0 Å².